The molecule has 1 rings (SSSR count). The molecule has 0 aromatic heterocycles. The minimum Gasteiger partial charge on any atom is -0.356 e. The number of rotatable bonds is 2. The van der Waals surface area contributed by atoms with Crippen LogP contribution in [0.2, 0.25) is 0 Å². The van der Waals surface area contributed by atoms with E-state index < -0.39 is 0 Å². The van der Waals surface area contributed by atoms with Gasteiger partial charge in [0.2, 0.25) is 0 Å². The van der Waals surface area contributed by atoms with Gasteiger partial charge in [-0.15, -0.1) is 0 Å². The number of thiocarbonyl (C=S) groups is 2. The summed E-state index contributed by atoms with van der Waals surface area (Å²) in [5.74, 6) is 0. The van der Waals surface area contributed by atoms with E-state index in [0.29, 0.717) is 0 Å². The molecule has 0 aliphatic carbocycles. The van der Waals surface area contributed by atoms with Crippen LogP contribution in [-0.2, 0) is 6.54 Å². The summed E-state index contributed by atoms with van der Waals surface area (Å²) >= 11 is 10.3. The molecule has 0 radical (unpaired) electrons. The maximum absolute atomic E-state index is 5.30. The van der Waals surface area contributed by atoms with Crippen LogP contribution in [0.4, 0.5) is 0 Å². The van der Waals surface area contributed by atoms with Crippen molar-refractivity contribution in [3.05, 3.63) is 35.9 Å². The van der Waals surface area contributed by atoms with Crippen LogP contribution in [0, 0.1) is 0 Å². The third-order valence-electron chi connectivity index (χ3n) is 1.80. The Kier molecular flexibility index (Phi) is 6.34. The molecule has 0 fully saturated rings. The average Bonchev–Trinajstić information content (AvgIpc) is 2.27. The molecule has 1 nitrogen and oxygen atoms in total. The van der Waals surface area contributed by atoms with Gasteiger partial charge >= 0.3 is 0 Å². The molecule has 0 heterocycles. The Bertz CT molecular complexity index is 364. The second-order valence-electron chi connectivity index (χ2n) is 3.27. The fourth-order valence-corrected chi connectivity index (χ4v) is 3.08. The monoisotopic (exact) mass is 287 g/mol. The van der Waals surface area contributed by atoms with E-state index >= 15 is 0 Å². The van der Waals surface area contributed by atoms with E-state index in [-0.39, 0.29) is 0 Å². The van der Waals surface area contributed by atoms with Gasteiger partial charge in [-0.25, -0.2) is 0 Å². The van der Waals surface area contributed by atoms with Crippen LogP contribution in [0.3, 0.4) is 0 Å². The highest BCUT2D eigenvalue weighted by Crippen LogP contribution is 2.26. The Morgan fingerprint density at radius 2 is 1.81 bits per heavy atom. The summed E-state index contributed by atoms with van der Waals surface area (Å²) in [5.41, 5.74) is 1.26. The molecular weight excluding hydrogens is 274 g/mol. The van der Waals surface area contributed by atoms with Crippen LogP contribution in [0.25, 0.3) is 0 Å². The SMILES string of the molecule is CC(=S)SSC(=S)N(C)Cc1ccccc1. The maximum atomic E-state index is 5.30. The van der Waals surface area contributed by atoms with Gasteiger partial charge in [-0.2, -0.15) is 0 Å². The molecule has 0 saturated heterocycles. The number of hydrogen-bond acceptors (Lipinski definition) is 4. The third kappa shape index (κ3) is 5.30. The molecule has 0 atom stereocenters. The predicted molar refractivity (Wildman–Crippen MR) is 84.0 cm³/mol. The fraction of sp³-hybridized carbons (Fsp3) is 0.273. The fourth-order valence-electron chi connectivity index (χ4n) is 1.08. The Labute approximate surface area is 115 Å². The summed E-state index contributed by atoms with van der Waals surface area (Å²) in [4.78, 5) is 2.06. The first-order chi connectivity index (χ1) is 7.59. The van der Waals surface area contributed by atoms with Gasteiger partial charge in [0.1, 0.15) is 4.32 Å². The second-order valence-corrected chi connectivity index (χ2v) is 7.11. The van der Waals surface area contributed by atoms with Crippen LogP contribution < -0.4 is 0 Å². The van der Waals surface area contributed by atoms with Gasteiger partial charge in [-0.3, -0.25) is 0 Å². The zero-order valence-electron chi connectivity index (χ0n) is 9.17. The molecule has 0 aliphatic rings. The van der Waals surface area contributed by atoms with Crippen molar-refractivity contribution >= 4 is 54.5 Å². The molecule has 1 aromatic rings. The van der Waals surface area contributed by atoms with Crippen molar-refractivity contribution in [3.8, 4) is 0 Å². The van der Waals surface area contributed by atoms with Crippen molar-refractivity contribution in [3.63, 3.8) is 0 Å². The lowest BCUT2D eigenvalue weighted by molar-refractivity contribution is 0.519. The van der Waals surface area contributed by atoms with Gasteiger partial charge in [0.05, 0.1) is 4.20 Å². The molecule has 0 spiro atoms. The molecule has 0 amide bonds. The maximum Gasteiger partial charge on any atom is 0.147 e. The first kappa shape index (κ1) is 14.0. The van der Waals surface area contributed by atoms with Gasteiger partial charge in [0, 0.05) is 13.6 Å². The van der Waals surface area contributed by atoms with E-state index in [0.717, 1.165) is 15.1 Å². The molecule has 0 saturated carbocycles. The lowest BCUT2D eigenvalue weighted by atomic mass is 10.2. The summed E-state index contributed by atoms with van der Waals surface area (Å²) in [5, 5.41) is 0. The summed E-state index contributed by atoms with van der Waals surface area (Å²) in [6.45, 7) is 2.75. The highest BCUT2D eigenvalue weighted by Gasteiger charge is 2.06. The van der Waals surface area contributed by atoms with Crippen LogP contribution in [0.15, 0.2) is 30.3 Å². The van der Waals surface area contributed by atoms with Crippen molar-refractivity contribution in [1.82, 2.24) is 4.90 Å². The molecule has 1 aromatic carbocycles. The lowest BCUT2D eigenvalue weighted by Gasteiger charge is -2.18. The number of hydrogen-bond donors (Lipinski definition) is 0. The zero-order valence-corrected chi connectivity index (χ0v) is 12.4. The second kappa shape index (κ2) is 7.27. The number of benzene rings is 1. The molecule has 0 N–H and O–H groups in total. The van der Waals surface area contributed by atoms with Gasteiger partial charge < -0.3 is 4.90 Å². The first-order valence-corrected chi connectivity index (χ1v) is 7.70. The molecule has 0 aliphatic heterocycles. The summed E-state index contributed by atoms with van der Waals surface area (Å²) in [6.07, 6.45) is 0. The van der Waals surface area contributed by atoms with Gasteiger partial charge in [0.25, 0.3) is 0 Å². The summed E-state index contributed by atoms with van der Waals surface area (Å²) in [7, 11) is 5.09. The quantitative estimate of drug-likeness (QED) is 0.592. The zero-order chi connectivity index (χ0) is 12.0. The minimum atomic E-state index is 0.837. The summed E-state index contributed by atoms with van der Waals surface area (Å²) < 4.78 is 1.76. The van der Waals surface area contributed by atoms with Crippen molar-refractivity contribution in [1.29, 1.82) is 0 Å². The van der Waals surface area contributed by atoms with Crippen molar-refractivity contribution in [2.45, 2.75) is 13.5 Å². The van der Waals surface area contributed by atoms with E-state index in [2.05, 4.69) is 17.0 Å². The minimum absolute atomic E-state index is 0.837. The first-order valence-electron chi connectivity index (χ1n) is 4.73. The van der Waals surface area contributed by atoms with Crippen molar-refractivity contribution in [2.24, 2.45) is 0 Å². The van der Waals surface area contributed by atoms with Crippen LogP contribution in [-0.4, -0.2) is 20.5 Å². The molecule has 0 unspecified atom stereocenters. The van der Waals surface area contributed by atoms with Crippen molar-refractivity contribution < 1.29 is 0 Å². The predicted octanol–water partition coefficient (Wildman–Crippen LogP) is 4.13. The molecule has 16 heavy (non-hydrogen) atoms. The smallest absolute Gasteiger partial charge is 0.147 e. The highest BCUT2D eigenvalue weighted by atomic mass is 33.1. The van der Waals surface area contributed by atoms with Gasteiger partial charge in [-0.1, -0.05) is 54.8 Å². The summed E-state index contributed by atoms with van der Waals surface area (Å²) in [6, 6.07) is 10.3. The van der Waals surface area contributed by atoms with E-state index in [1.54, 1.807) is 21.6 Å². The highest BCUT2D eigenvalue weighted by molar-refractivity contribution is 8.89. The van der Waals surface area contributed by atoms with Crippen LogP contribution in [0.1, 0.15) is 12.5 Å². The van der Waals surface area contributed by atoms with Gasteiger partial charge in [-0.05, 0) is 34.1 Å². The molecule has 86 valence electrons. The van der Waals surface area contributed by atoms with E-state index in [4.69, 9.17) is 24.4 Å². The Morgan fingerprint density at radius 1 is 1.19 bits per heavy atom. The average molecular weight is 288 g/mol. The Balaban J connectivity index is 2.43. The lowest BCUT2D eigenvalue weighted by Crippen LogP contribution is -2.21. The van der Waals surface area contributed by atoms with E-state index in [1.807, 2.05) is 32.2 Å². The van der Waals surface area contributed by atoms with E-state index in [1.165, 1.54) is 5.56 Å². The third-order valence-corrected chi connectivity index (χ3v) is 5.50. The normalized spacial score (nSPS) is 9.88. The van der Waals surface area contributed by atoms with Crippen molar-refractivity contribution in [2.75, 3.05) is 7.05 Å². The Morgan fingerprint density at radius 3 is 2.38 bits per heavy atom. The van der Waals surface area contributed by atoms with Crippen LogP contribution >= 0.6 is 46.0 Å². The van der Waals surface area contributed by atoms with Gasteiger partial charge in [0.15, 0.2) is 0 Å². The topological polar surface area (TPSA) is 3.24 Å². The molecule has 0 bridgehead atoms. The standard InChI is InChI=1S/C11H13NS4/c1-9(13)15-16-11(14)12(2)8-10-6-4-3-5-7-10/h3-7H,8H2,1-2H3. The van der Waals surface area contributed by atoms with E-state index in [9.17, 15) is 0 Å². The Hall–Kier alpha value is -0.100. The molecule has 5 heteroatoms. The molecular formula is C11H13NS4. The largest absolute Gasteiger partial charge is 0.356 e. The van der Waals surface area contributed by atoms with Crippen LogP contribution in [0.5, 0.6) is 0 Å². The number of nitrogens with zero attached hydrogens (tertiary/aromatic N) is 1.